The molecule has 3 heterocycles. The van der Waals surface area contributed by atoms with Crippen LogP contribution in [0.4, 0.5) is 0 Å². The smallest absolute Gasteiger partial charge is 0.279 e. The van der Waals surface area contributed by atoms with Crippen molar-refractivity contribution in [3.05, 3.63) is 81.0 Å². The lowest BCUT2D eigenvalue weighted by atomic mass is 10.1. The number of carbonyl (C=O) groups is 1. The van der Waals surface area contributed by atoms with E-state index in [1.54, 1.807) is 24.5 Å². The van der Waals surface area contributed by atoms with E-state index >= 15 is 0 Å². The number of hydrogen-bond donors (Lipinski definition) is 1. The Kier molecular flexibility index (Phi) is 5.81. The standard InChI is InChI=1S/C22H21ClN6O2/c1-14-18(9-10-19(30)25-13-15-4-3-11-24-12-15)21(31)29-22(28(14)2)26-20(27-29)16-5-7-17(23)8-6-16/h3-8,11-12H,9-10,13H2,1-2H3,(H,25,30). The van der Waals surface area contributed by atoms with Crippen molar-refractivity contribution < 1.29 is 4.79 Å². The van der Waals surface area contributed by atoms with Gasteiger partial charge in [-0.25, -0.2) is 0 Å². The van der Waals surface area contributed by atoms with E-state index in [1.807, 2.05) is 42.8 Å². The normalized spacial score (nSPS) is 11.1. The molecule has 31 heavy (non-hydrogen) atoms. The van der Waals surface area contributed by atoms with Gasteiger partial charge < -0.3 is 9.88 Å². The van der Waals surface area contributed by atoms with E-state index in [9.17, 15) is 9.59 Å². The van der Waals surface area contributed by atoms with Crippen molar-refractivity contribution in [2.75, 3.05) is 0 Å². The van der Waals surface area contributed by atoms with Crippen molar-refractivity contribution in [3.8, 4) is 11.4 Å². The molecule has 0 unspecified atom stereocenters. The number of nitrogens with one attached hydrogen (secondary N) is 1. The number of carbonyl (C=O) groups excluding carboxylic acids is 1. The van der Waals surface area contributed by atoms with Gasteiger partial charge in [0.25, 0.3) is 5.56 Å². The summed E-state index contributed by atoms with van der Waals surface area (Å²) in [5, 5.41) is 7.87. The van der Waals surface area contributed by atoms with Crippen molar-refractivity contribution >= 4 is 23.3 Å². The molecular weight excluding hydrogens is 416 g/mol. The molecule has 0 bridgehead atoms. The summed E-state index contributed by atoms with van der Waals surface area (Å²) in [4.78, 5) is 33.9. The summed E-state index contributed by atoms with van der Waals surface area (Å²) in [5.74, 6) is 0.748. The molecule has 3 aromatic heterocycles. The van der Waals surface area contributed by atoms with E-state index in [-0.39, 0.29) is 17.9 Å². The maximum absolute atomic E-state index is 13.1. The fraction of sp³-hybridized carbons (Fsp3) is 0.227. The number of pyridine rings is 1. The Morgan fingerprint density at radius 3 is 2.68 bits per heavy atom. The summed E-state index contributed by atoms with van der Waals surface area (Å²) in [5.41, 5.74) is 2.72. The summed E-state index contributed by atoms with van der Waals surface area (Å²) in [7, 11) is 1.83. The minimum absolute atomic E-state index is 0.133. The van der Waals surface area contributed by atoms with Crippen molar-refractivity contribution in [1.82, 2.24) is 29.5 Å². The maximum Gasteiger partial charge on any atom is 0.279 e. The largest absolute Gasteiger partial charge is 0.352 e. The summed E-state index contributed by atoms with van der Waals surface area (Å²) in [6.45, 7) is 2.25. The van der Waals surface area contributed by atoms with Crippen LogP contribution in [0.15, 0.2) is 53.6 Å². The molecule has 0 aliphatic carbocycles. The van der Waals surface area contributed by atoms with Crippen molar-refractivity contribution in [2.45, 2.75) is 26.3 Å². The number of rotatable bonds is 6. The summed E-state index contributed by atoms with van der Waals surface area (Å²) < 4.78 is 3.11. The first kappa shape index (κ1) is 20.7. The summed E-state index contributed by atoms with van der Waals surface area (Å²) >= 11 is 5.95. The van der Waals surface area contributed by atoms with Gasteiger partial charge in [-0.05, 0) is 49.2 Å². The predicted molar refractivity (Wildman–Crippen MR) is 118 cm³/mol. The zero-order valence-corrected chi connectivity index (χ0v) is 17.9. The molecule has 0 radical (unpaired) electrons. The number of fused-ring (bicyclic) bond motifs is 1. The third-order valence-electron chi connectivity index (χ3n) is 5.20. The van der Waals surface area contributed by atoms with Crippen molar-refractivity contribution in [3.63, 3.8) is 0 Å². The van der Waals surface area contributed by atoms with Gasteiger partial charge in [-0.3, -0.25) is 14.6 Å². The molecule has 158 valence electrons. The van der Waals surface area contributed by atoms with Crippen LogP contribution in [0.25, 0.3) is 17.2 Å². The highest BCUT2D eigenvalue weighted by Gasteiger charge is 2.17. The Bertz CT molecular complexity index is 1300. The van der Waals surface area contributed by atoms with E-state index in [0.29, 0.717) is 35.2 Å². The fourth-order valence-corrected chi connectivity index (χ4v) is 3.46. The molecule has 0 aliphatic heterocycles. The first-order valence-corrected chi connectivity index (χ1v) is 10.2. The quantitative estimate of drug-likeness (QED) is 0.501. The van der Waals surface area contributed by atoms with E-state index in [1.165, 1.54) is 4.52 Å². The van der Waals surface area contributed by atoms with Crippen LogP contribution in [0.5, 0.6) is 0 Å². The second kappa shape index (κ2) is 8.69. The highest BCUT2D eigenvalue weighted by atomic mass is 35.5. The molecule has 0 saturated heterocycles. The minimum atomic E-state index is -0.265. The van der Waals surface area contributed by atoms with Crippen LogP contribution >= 0.6 is 11.6 Å². The molecule has 0 atom stereocenters. The Morgan fingerprint density at radius 1 is 1.19 bits per heavy atom. The Hall–Kier alpha value is -3.52. The lowest BCUT2D eigenvalue weighted by Gasteiger charge is -2.11. The molecule has 4 rings (SSSR count). The molecule has 0 saturated carbocycles. The van der Waals surface area contributed by atoms with Crippen LogP contribution in [0.3, 0.4) is 0 Å². The molecule has 4 aromatic rings. The lowest BCUT2D eigenvalue weighted by Crippen LogP contribution is -2.28. The highest BCUT2D eigenvalue weighted by molar-refractivity contribution is 6.30. The number of hydrogen-bond acceptors (Lipinski definition) is 5. The van der Waals surface area contributed by atoms with Gasteiger partial charge in [0, 0.05) is 54.3 Å². The lowest BCUT2D eigenvalue weighted by molar-refractivity contribution is -0.121. The SMILES string of the molecule is Cc1c(CCC(=O)NCc2cccnc2)c(=O)n2nc(-c3ccc(Cl)cc3)nc2n1C. The van der Waals surface area contributed by atoms with Crippen molar-refractivity contribution in [2.24, 2.45) is 7.05 Å². The van der Waals surface area contributed by atoms with E-state index in [0.717, 1.165) is 16.8 Å². The second-order valence-electron chi connectivity index (χ2n) is 7.22. The third-order valence-corrected chi connectivity index (χ3v) is 5.45. The van der Waals surface area contributed by atoms with Gasteiger partial charge in [-0.1, -0.05) is 17.7 Å². The Balaban J connectivity index is 1.56. The molecule has 0 spiro atoms. The Morgan fingerprint density at radius 2 is 1.97 bits per heavy atom. The molecule has 9 heteroatoms. The van der Waals surface area contributed by atoms with E-state index in [4.69, 9.17) is 11.6 Å². The van der Waals surface area contributed by atoms with Crippen LogP contribution in [-0.2, 0) is 24.8 Å². The molecular formula is C22H21ClN6O2. The zero-order valence-electron chi connectivity index (χ0n) is 17.2. The van der Waals surface area contributed by atoms with Crippen LogP contribution in [0, 0.1) is 6.92 Å². The number of halogens is 1. The van der Waals surface area contributed by atoms with Gasteiger partial charge in [0.2, 0.25) is 11.7 Å². The maximum atomic E-state index is 13.1. The molecule has 0 fully saturated rings. The molecule has 1 aromatic carbocycles. The summed E-state index contributed by atoms with van der Waals surface area (Å²) in [6.07, 6.45) is 3.89. The number of amides is 1. The fourth-order valence-electron chi connectivity index (χ4n) is 3.33. The van der Waals surface area contributed by atoms with E-state index in [2.05, 4.69) is 20.4 Å². The molecule has 1 amide bonds. The van der Waals surface area contributed by atoms with Gasteiger partial charge in [0.1, 0.15) is 0 Å². The van der Waals surface area contributed by atoms with Gasteiger partial charge >= 0.3 is 0 Å². The van der Waals surface area contributed by atoms with Gasteiger partial charge in [-0.2, -0.15) is 9.50 Å². The average molecular weight is 437 g/mol. The highest BCUT2D eigenvalue weighted by Crippen LogP contribution is 2.19. The average Bonchev–Trinajstić information content (AvgIpc) is 3.23. The number of aryl methyl sites for hydroxylation is 1. The number of nitrogens with zero attached hydrogens (tertiary/aromatic N) is 5. The number of aromatic nitrogens is 5. The van der Waals surface area contributed by atoms with Gasteiger partial charge in [0.05, 0.1) is 0 Å². The third kappa shape index (κ3) is 4.34. The molecule has 0 aliphatic rings. The molecule has 8 nitrogen and oxygen atoms in total. The second-order valence-corrected chi connectivity index (χ2v) is 7.66. The Labute approximate surface area is 183 Å². The van der Waals surface area contributed by atoms with Crippen LogP contribution in [-0.4, -0.2) is 30.1 Å². The minimum Gasteiger partial charge on any atom is -0.352 e. The van der Waals surface area contributed by atoms with Gasteiger partial charge in [-0.15, -0.1) is 5.10 Å². The summed E-state index contributed by atoms with van der Waals surface area (Å²) in [6, 6.07) is 10.8. The van der Waals surface area contributed by atoms with Crippen LogP contribution in [0.1, 0.15) is 23.2 Å². The van der Waals surface area contributed by atoms with E-state index < -0.39 is 0 Å². The number of benzene rings is 1. The van der Waals surface area contributed by atoms with Crippen LogP contribution < -0.4 is 10.9 Å². The van der Waals surface area contributed by atoms with Crippen LogP contribution in [0.2, 0.25) is 5.02 Å². The molecule has 1 N–H and O–H groups in total. The first-order chi connectivity index (χ1) is 14.9. The topological polar surface area (TPSA) is 94.2 Å². The van der Waals surface area contributed by atoms with Crippen molar-refractivity contribution in [1.29, 1.82) is 0 Å². The zero-order chi connectivity index (χ0) is 22.0. The monoisotopic (exact) mass is 436 g/mol. The first-order valence-electron chi connectivity index (χ1n) is 9.81. The van der Waals surface area contributed by atoms with Gasteiger partial charge in [0.15, 0.2) is 5.82 Å². The predicted octanol–water partition coefficient (Wildman–Crippen LogP) is 2.70.